The van der Waals surface area contributed by atoms with E-state index in [4.69, 9.17) is 0 Å². The van der Waals surface area contributed by atoms with Crippen LogP contribution < -0.4 is 5.32 Å². The first-order valence-corrected chi connectivity index (χ1v) is 9.12. The van der Waals surface area contributed by atoms with Crippen LogP contribution in [0.5, 0.6) is 0 Å². The number of nitrogens with one attached hydrogen (secondary N) is 1. The van der Waals surface area contributed by atoms with Crippen LogP contribution in [0.3, 0.4) is 0 Å². The molecule has 0 saturated carbocycles. The van der Waals surface area contributed by atoms with Crippen LogP contribution in [-0.4, -0.2) is 48.9 Å². The van der Waals surface area contributed by atoms with E-state index < -0.39 is 11.6 Å². The van der Waals surface area contributed by atoms with Gasteiger partial charge in [-0.15, -0.1) is 5.10 Å². The van der Waals surface area contributed by atoms with E-state index in [1.165, 1.54) is 21.7 Å². The predicted molar refractivity (Wildman–Crippen MR) is 89.7 cm³/mol. The molecule has 0 atom stereocenters. The molecule has 1 aromatic heterocycles. The molecule has 4 rings (SSSR count). The van der Waals surface area contributed by atoms with Crippen LogP contribution in [0.15, 0.2) is 30.5 Å². The monoisotopic (exact) mass is 361 g/mol. The fourth-order valence-corrected chi connectivity index (χ4v) is 4.35. The third-order valence-corrected chi connectivity index (χ3v) is 5.51. The molecule has 25 heavy (non-hydrogen) atoms. The summed E-state index contributed by atoms with van der Waals surface area (Å²) in [6, 6.07) is 5.56. The molecule has 3 amide bonds. The molecule has 2 aliphatic rings. The molecular weight excluding hydrogens is 345 g/mol. The fourth-order valence-electron chi connectivity index (χ4n) is 3.16. The molecule has 0 bridgehead atoms. The van der Waals surface area contributed by atoms with Crippen molar-refractivity contribution < 1.29 is 14.0 Å². The highest BCUT2D eigenvalue weighted by atomic mass is 32.2. The van der Waals surface area contributed by atoms with Gasteiger partial charge >= 0.3 is 6.03 Å². The number of amides is 3. The molecule has 2 saturated heterocycles. The molecule has 1 N–H and O–H groups in total. The highest BCUT2D eigenvalue weighted by molar-refractivity contribution is 7.99. The smallest absolute Gasteiger partial charge is 0.323 e. The quantitative estimate of drug-likeness (QED) is 0.842. The number of nitrogens with zero attached hydrogens (tertiary/aromatic N) is 4. The summed E-state index contributed by atoms with van der Waals surface area (Å²) >= 11 is 1.79. The van der Waals surface area contributed by atoms with Crippen molar-refractivity contribution in [2.45, 2.75) is 24.9 Å². The number of thioether (sulfide) groups is 1. The summed E-state index contributed by atoms with van der Waals surface area (Å²) in [6.07, 6.45) is 2.89. The molecule has 2 aliphatic heterocycles. The molecule has 1 spiro atoms. The number of rotatable bonds is 3. The van der Waals surface area contributed by atoms with E-state index in [1.54, 1.807) is 30.1 Å². The van der Waals surface area contributed by atoms with Gasteiger partial charge in [-0.2, -0.15) is 11.8 Å². The number of hydrogen-bond acceptors (Lipinski definition) is 5. The van der Waals surface area contributed by atoms with Gasteiger partial charge in [-0.05, 0) is 42.5 Å². The normalized spacial score (nSPS) is 19.5. The molecule has 2 aromatic rings. The van der Waals surface area contributed by atoms with Gasteiger partial charge in [-0.3, -0.25) is 9.69 Å². The summed E-state index contributed by atoms with van der Waals surface area (Å²) in [5.41, 5.74) is 0.229. The summed E-state index contributed by atoms with van der Waals surface area (Å²) < 4.78 is 14.7. The lowest BCUT2D eigenvalue weighted by Crippen LogP contribution is -2.49. The van der Waals surface area contributed by atoms with Gasteiger partial charge in [0.05, 0.1) is 18.4 Å². The topological polar surface area (TPSA) is 80.1 Å². The maximum atomic E-state index is 13.3. The van der Waals surface area contributed by atoms with Gasteiger partial charge in [0.25, 0.3) is 5.91 Å². The lowest BCUT2D eigenvalue weighted by molar-refractivity contribution is -0.132. The molecule has 9 heteroatoms. The zero-order valence-electron chi connectivity index (χ0n) is 13.3. The molecule has 3 heterocycles. The van der Waals surface area contributed by atoms with Crippen LogP contribution in [0.1, 0.15) is 18.5 Å². The van der Waals surface area contributed by atoms with Crippen molar-refractivity contribution in [2.24, 2.45) is 0 Å². The van der Waals surface area contributed by atoms with Gasteiger partial charge in [0, 0.05) is 0 Å². The van der Waals surface area contributed by atoms with Crippen LogP contribution in [0, 0.1) is 5.82 Å². The minimum Gasteiger partial charge on any atom is -0.323 e. The molecule has 0 unspecified atom stereocenters. The SMILES string of the molecule is O=C1NC2(CCSCC2)C(=O)N1Cc1cn(-c2cccc(F)c2)nn1. The zero-order valence-corrected chi connectivity index (χ0v) is 14.1. The Morgan fingerprint density at radius 1 is 1.28 bits per heavy atom. The van der Waals surface area contributed by atoms with E-state index in [2.05, 4.69) is 15.6 Å². The summed E-state index contributed by atoms with van der Waals surface area (Å²) in [4.78, 5) is 26.2. The number of benzene rings is 1. The third kappa shape index (κ3) is 2.88. The van der Waals surface area contributed by atoms with Gasteiger partial charge in [0.15, 0.2) is 0 Å². The van der Waals surface area contributed by atoms with Crippen molar-refractivity contribution in [1.29, 1.82) is 0 Å². The largest absolute Gasteiger partial charge is 0.325 e. The molecule has 0 radical (unpaired) electrons. The van der Waals surface area contributed by atoms with Crippen LogP contribution >= 0.6 is 11.8 Å². The van der Waals surface area contributed by atoms with Gasteiger partial charge in [0.2, 0.25) is 0 Å². The molecule has 2 fully saturated rings. The Morgan fingerprint density at radius 3 is 2.84 bits per heavy atom. The van der Waals surface area contributed by atoms with E-state index in [1.807, 2.05) is 0 Å². The zero-order chi connectivity index (χ0) is 17.4. The van der Waals surface area contributed by atoms with E-state index >= 15 is 0 Å². The Bertz CT molecular complexity index is 833. The first-order valence-electron chi connectivity index (χ1n) is 7.96. The number of hydrogen-bond donors (Lipinski definition) is 1. The Morgan fingerprint density at radius 2 is 2.08 bits per heavy atom. The number of carbonyl (C=O) groups excluding carboxylic acids is 2. The number of carbonyl (C=O) groups is 2. The van der Waals surface area contributed by atoms with Gasteiger partial charge in [0.1, 0.15) is 17.1 Å². The lowest BCUT2D eigenvalue weighted by atomic mass is 9.92. The summed E-state index contributed by atoms with van der Waals surface area (Å²) in [6.45, 7) is 0.0505. The van der Waals surface area contributed by atoms with Crippen LogP contribution in [0.25, 0.3) is 5.69 Å². The van der Waals surface area contributed by atoms with Gasteiger partial charge < -0.3 is 5.32 Å². The average Bonchev–Trinajstić information content (AvgIpc) is 3.16. The van der Waals surface area contributed by atoms with Gasteiger partial charge in [-0.25, -0.2) is 13.9 Å². The van der Waals surface area contributed by atoms with E-state index in [-0.39, 0.29) is 18.3 Å². The lowest BCUT2D eigenvalue weighted by Gasteiger charge is -2.30. The second-order valence-electron chi connectivity index (χ2n) is 6.15. The predicted octanol–water partition coefficient (Wildman–Crippen LogP) is 1.72. The first-order chi connectivity index (χ1) is 12.1. The molecule has 0 aliphatic carbocycles. The van der Waals surface area contributed by atoms with E-state index in [0.29, 0.717) is 24.2 Å². The standard InChI is InChI=1S/C16H16FN5O2S/c17-11-2-1-3-13(8-11)22-10-12(19-20-22)9-21-14(23)16(18-15(21)24)4-6-25-7-5-16/h1-3,8,10H,4-7,9H2,(H,18,24). The maximum Gasteiger partial charge on any atom is 0.325 e. The molecule has 7 nitrogen and oxygen atoms in total. The second kappa shape index (κ2) is 6.14. The number of urea groups is 1. The van der Waals surface area contributed by atoms with E-state index in [9.17, 15) is 14.0 Å². The molecule has 130 valence electrons. The Balaban J connectivity index is 1.53. The van der Waals surface area contributed by atoms with Crippen molar-refractivity contribution >= 4 is 23.7 Å². The first kappa shape index (κ1) is 16.1. The van der Waals surface area contributed by atoms with Crippen LogP contribution in [0.2, 0.25) is 0 Å². The molecular formula is C16H16FN5O2S. The minimum absolute atomic E-state index is 0.0505. The number of halogens is 1. The Kier molecular flexibility index (Phi) is 3.95. The van der Waals surface area contributed by atoms with Crippen molar-refractivity contribution in [3.63, 3.8) is 0 Å². The highest BCUT2D eigenvalue weighted by Gasteiger charge is 2.51. The van der Waals surface area contributed by atoms with E-state index in [0.717, 1.165) is 11.5 Å². The van der Waals surface area contributed by atoms with Crippen LogP contribution in [-0.2, 0) is 11.3 Å². The maximum absolute atomic E-state index is 13.3. The second-order valence-corrected chi connectivity index (χ2v) is 7.37. The average molecular weight is 361 g/mol. The molecule has 1 aromatic carbocycles. The van der Waals surface area contributed by atoms with Crippen molar-refractivity contribution in [1.82, 2.24) is 25.2 Å². The summed E-state index contributed by atoms with van der Waals surface area (Å²) in [5, 5.41) is 10.8. The van der Waals surface area contributed by atoms with Crippen molar-refractivity contribution in [2.75, 3.05) is 11.5 Å². The van der Waals surface area contributed by atoms with Crippen molar-refractivity contribution in [3.8, 4) is 5.69 Å². The van der Waals surface area contributed by atoms with Gasteiger partial charge in [-0.1, -0.05) is 11.3 Å². The Hall–Kier alpha value is -2.42. The Labute approximate surface area is 147 Å². The fraction of sp³-hybridized carbons (Fsp3) is 0.375. The summed E-state index contributed by atoms with van der Waals surface area (Å²) in [7, 11) is 0. The summed E-state index contributed by atoms with van der Waals surface area (Å²) in [5.74, 6) is 1.14. The highest BCUT2D eigenvalue weighted by Crippen LogP contribution is 2.33. The number of aromatic nitrogens is 3. The minimum atomic E-state index is -0.763. The number of imide groups is 1. The third-order valence-electron chi connectivity index (χ3n) is 4.53. The van der Waals surface area contributed by atoms with Crippen molar-refractivity contribution in [3.05, 3.63) is 42.0 Å². The van der Waals surface area contributed by atoms with Crippen LogP contribution in [0.4, 0.5) is 9.18 Å².